The molecule has 0 spiro atoms. The summed E-state index contributed by atoms with van der Waals surface area (Å²) in [6.45, 7) is 5.20. The summed E-state index contributed by atoms with van der Waals surface area (Å²) in [7, 11) is 0. The first-order valence-electron chi connectivity index (χ1n) is 20.6. The van der Waals surface area contributed by atoms with Crippen LogP contribution in [0.4, 0.5) is 0 Å². The van der Waals surface area contributed by atoms with Gasteiger partial charge in [-0.1, -0.05) is 212 Å². The van der Waals surface area contributed by atoms with Gasteiger partial charge in [-0.15, -0.1) is 0 Å². The fourth-order valence-electron chi connectivity index (χ4n) is 6.31. The number of ether oxygens (including phenoxy) is 1. The van der Waals surface area contributed by atoms with Crippen LogP contribution in [0.3, 0.4) is 0 Å². The highest BCUT2D eigenvalue weighted by molar-refractivity contribution is 5.69. The Labute approximate surface area is 278 Å². The fourth-order valence-corrected chi connectivity index (χ4v) is 6.31. The quantitative estimate of drug-likeness (QED) is 0.0391. The Morgan fingerprint density at radius 1 is 0.364 bits per heavy atom. The van der Waals surface area contributed by atoms with E-state index in [1.54, 1.807) is 0 Å². The van der Waals surface area contributed by atoms with Crippen LogP contribution in [0.2, 0.25) is 0 Å². The molecule has 262 valence electrons. The normalized spacial score (nSPS) is 11.6. The summed E-state index contributed by atoms with van der Waals surface area (Å²) in [5, 5.41) is 0. The van der Waals surface area contributed by atoms with Gasteiger partial charge in [0.05, 0.1) is 6.61 Å². The molecule has 0 bridgehead atoms. The molecule has 0 aromatic rings. The van der Waals surface area contributed by atoms with E-state index in [-0.39, 0.29) is 5.97 Å². The van der Waals surface area contributed by atoms with E-state index in [4.69, 9.17) is 4.74 Å². The van der Waals surface area contributed by atoms with Crippen molar-refractivity contribution in [1.82, 2.24) is 0 Å². The first-order chi connectivity index (χ1) is 21.8. The fraction of sp³-hybridized carbons (Fsp3) is 0.929. The molecule has 0 heterocycles. The van der Waals surface area contributed by atoms with Crippen LogP contribution in [0, 0.1) is 0 Å². The summed E-state index contributed by atoms with van der Waals surface area (Å²) in [4.78, 5) is 12.0. The molecule has 0 aliphatic rings. The number of hydrogen-bond donors (Lipinski definition) is 0. The van der Waals surface area contributed by atoms with Gasteiger partial charge in [-0.2, -0.15) is 0 Å². The maximum atomic E-state index is 12.0. The van der Waals surface area contributed by atoms with Crippen molar-refractivity contribution in [2.75, 3.05) is 6.61 Å². The standard InChI is InChI=1S/C42H82O2/c1-3-5-7-9-11-13-15-17-19-21-22-23-24-25-26-28-30-32-34-36-38-40-42(43)44-41-39-37-35-33-31-29-27-20-18-16-14-12-10-8-6-4-2/h18,20H,3-17,19,21-41H2,1-2H3/b20-18+. The minimum Gasteiger partial charge on any atom is -0.466 e. The second kappa shape index (κ2) is 40.2. The molecular formula is C42H82O2. The highest BCUT2D eigenvalue weighted by Gasteiger charge is 2.03. The number of hydrogen-bond acceptors (Lipinski definition) is 2. The van der Waals surface area contributed by atoms with Crippen LogP contribution in [-0.2, 0) is 9.53 Å². The lowest BCUT2D eigenvalue weighted by Crippen LogP contribution is -2.05. The van der Waals surface area contributed by atoms with E-state index in [9.17, 15) is 4.79 Å². The minimum atomic E-state index is 0.0237. The number of esters is 1. The van der Waals surface area contributed by atoms with Crippen molar-refractivity contribution in [3.05, 3.63) is 12.2 Å². The number of carbonyl (C=O) groups excluding carboxylic acids is 1. The van der Waals surface area contributed by atoms with Crippen LogP contribution in [0.25, 0.3) is 0 Å². The van der Waals surface area contributed by atoms with Gasteiger partial charge < -0.3 is 4.74 Å². The summed E-state index contributed by atoms with van der Waals surface area (Å²) in [5.74, 6) is 0.0237. The second-order valence-corrected chi connectivity index (χ2v) is 14.0. The van der Waals surface area contributed by atoms with E-state index in [2.05, 4.69) is 26.0 Å². The van der Waals surface area contributed by atoms with Crippen molar-refractivity contribution < 1.29 is 9.53 Å². The maximum Gasteiger partial charge on any atom is 0.305 e. The monoisotopic (exact) mass is 619 g/mol. The van der Waals surface area contributed by atoms with Crippen LogP contribution in [0.5, 0.6) is 0 Å². The van der Waals surface area contributed by atoms with Gasteiger partial charge in [-0.25, -0.2) is 0 Å². The second-order valence-electron chi connectivity index (χ2n) is 14.0. The molecule has 0 N–H and O–H groups in total. The molecule has 0 unspecified atom stereocenters. The average molecular weight is 619 g/mol. The summed E-state index contributed by atoms with van der Waals surface area (Å²) < 4.78 is 5.46. The number of rotatable bonds is 38. The minimum absolute atomic E-state index is 0.0237. The Balaban J connectivity index is 3.17. The van der Waals surface area contributed by atoms with Crippen molar-refractivity contribution in [3.63, 3.8) is 0 Å². The summed E-state index contributed by atoms with van der Waals surface area (Å²) >= 11 is 0. The Kier molecular flexibility index (Phi) is 39.5. The zero-order valence-electron chi connectivity index (χ0n) is 30.6. The first kappa shape index (κ1) is 43.2. The Hall–Kier alpha value is -0.790. The molecule has 0 aromatic heterocycles. The van der Waals surface area contributed by atoms with Crippen LogP contribution < -0.4 is 0 Å². The summed E-state index contributed by atoms with van der Waals surface area (Å²) in [6.07, 6.45) is 53.0. The lowest BCUT2D eigenvalue weighted by molar-refractivity contribution is -0.143. The van der Waals surface area contributed by atoms with Gasteiger partial charge >= 0.3 is 5.97 Å². The lowest BCUT2D eigenvalue weighted by Gasteiger charge is -2.05. The van der Waals surface area contributed by atoms with Crippen molar-refractivity contribution in [2.24, 2.45) is 0 Å². The SMILES string of the molecule is CCCCCCCC/C=C/CCCCCCCCOC(=O)CCCCCCCCCCCCCCCCCCCCCCC. The smallest absolute Gasteiger partial charge is 0.305 e. The lowest BCUT2D eigenvalue weighted by atomic mass is 10.0. The van der Waals surface area contributed by atoms with Crippen molar-refractivity contribution >= 4 is 5.97 Å². The van der Waals surface area contributed by atoms with Crippen LogP contribution in [0.15, 0.2) is 12.2 Å². The molecule has 2 heteroatoms. The zero-order chi connectivity index (χ0) is 31.9. The molecule has 0 atom stereocenters. The van der Waals surface area contributed by atoms with E-state index in [0.29, 0.717) is 13.0 Å². The van der Waals surface area contributed by atoms with E-state index < -0.39 is 0 Å². The van der Waals surface area contributed by atoms with Crippen LogP contribution in [0.1, 0.15) is 245 Å². The zero-order valence-corrected chi connectivity index (χ0v) is 30.6. The highest BCUT2D eigenvalue weighted by atomic mass is 16.5. The Bertz CT molecular complexity index is 554. The predicted octanol–water partition coefficient (Wildman–Crippen LogP) is 15.2. The van der Waals surface area contributed by atoms with E-state index in [1.807, 2.05) is 0 Å². The molecule has 0 amide bonds. The van der Waals surface area contributed by atoms with Gasteiger partial charge in [0.15, 0.2) is 0 Å². The molecule has 0 aliphatic carbocycles. The topological polar surface area (TPSA) is 26.3 Å². The molecule has 44 heavy (non-hydrogen) atoms. The average Bonchev–Trinajstić information content (AvgIpc) is 3.03. The van der Waals surface area contributed by atoms with Gasteiger partial charge in [0.2, 0.25) is 0 Å². The van der Waals surface area contributed by atoms with E-state index in [0.717, 1.165) is 12.8 Å². The van der Waals surface area contributed by atoms with Gasteiger partial charge in [-0.05, 0) is 38.5 Å². The molecule has 0 rings (SSSR count). The maximum absolute atomic E-state index is 12.0. The van der Waals surface area contributed by atoms with Gasteiger partial charge in [0.1, 0.15) is 0 Å². The predicted molar refractivity (Wildman–Crippen MR) is 198 cm³/mol. The molecule has 0 aromatic carbocycles. The third-order valence-electron chi connectivity index (χ3n) is 9.40. The Morgan fingerprint density at radius 3 is 0.977 bits per heavy atom. The van der Waals surface area contributed by atoms with Crippen LogP contribution >= 0.6 is 0 Å². The van der Waals surface area contributed by atoms with Crippen LogP contribution in [-0.4, -0.2) is 12.6 Å². The summed E-state index contributed by atoms with van der Waals surface area (Å²) in [5.41, 5.74) is 0. The molecular weight excluding hydrogens is 536 g/mol. The van der Waals surface area contributed by atoms with E-state index >= 15 is 0 Å². The van der Waals surface area contributed by atoms with Gasteiger partial charge in [0, 0.05) is 6.42 Å². The Morgan fingerprint density at radius 2 is 0.636 bits per heavy atom. The number of unbranched alkanes of at least 4 members (excludes halogenated alkanes) is 32. The summed E-state index contributed by atoms with van der Waals surface area (Å²) in [6, 6.07) is 0. The highest BCUT2D eigenvalue weighted by Crippen LogP contribution is 2.16. The third-order valence-corrected chi connectivity index (χ3v) is 9.40. The van der Waals surface area contributed by atoms with E-state index in [1.165, 1.54) is 212 Å². The van der Waals surface area contributed by atoms with Crippen molar-refractivity contribution in [1.29, 1.82) is 0 Å². The molecule has 0 saturated heterocycles. The number of carbonyl (C=O) groups is 1. The molecule has 0 saturated carbocycles. The van der Waals surface area contributed by atoms with Crippen molar-refractivity contribution in [3.8, 4) is 0 Å². The van der Waals surface area contributed by atoms with Gasteiger partial charge in [0.25, 0.3) is 0 Å². The molecule has 0 radical (unpaired) electrons. The molecule has 2 nitrogen and oxygen atoms in total. The molecule has 0 fully saturated rings. The largest absolute Gasteiger partial charge is 0.466 e. The molecule has 0 aliphatic heterocycles. The van der Waals surface area contributed by atoms with Crippen molar-refractivity contribution in [2.45, 2.75) is 245 Å². The first-order valence-corrected chi connectivity index (χ1v) is 20.6. The number of allylic oxidation sites excluding steroid dienone is 2. The third kappa shape index (κ3) is 39.2. The van der Waals surface area contributed by atoms with Gasteiger partial charge in [-0.3, -0.25) is 4.79 Å².